The summed E-state index contributed by atoms with van der Waals surface area (Å²) in [4.78, 5) is 12.2. The molecule has 1 aliphatic heterocycles. The molecule has 1 N–H and O–H groups in total. The average molecular weight is 187 g/mol. The Morgan fingerprint density at radius 2 is 2.46 bits per heavy atom. The van der Waals surface area contributed by atoms with Gasteiger partial charge in [0.2, 0.25) is 6.41 Å². The number of rotatable bonds is 3. The van der Waals surface area contributed by atoms with Crippen LogP contribution >= 0.6 is 0 Å². The molecule has 0 bridgehead atoms. The summed E-state index contributed by atoms with van der Waals surface area (Å²) in [6, 6.07) is 0. The maximum atomic E-state index is 10.5. The quantitative estimate of drug-likeness (QED) is 0.633. The highest BCUT2D eigenvalue weighted by molar-refractivity contribution is 5.47. The SMILES string of the molecule is CC(O)CC1(C)CN(C=O)CCO1. The van der Waals surface area contributed by atoms with E-state index in [2.05, 4.69) is 0 Å². The number of aliphatic hydroxyl groups excluding tert-OH is 1. The Kier molecular flexibility index (Phi) is 3.27. The van der Waals surface area contributed by atoms with E-state index in [9.17, 15) is 9.90 Å². The molecular formula is C9H17NO3. The van der Waals surface area contributed by atoms with Crippen molar-refractivity contribution in [2.24, 2.45) is 0 Å². The molecule has 0 saturated carbocycles. The van der Waals surface area contributed by atoms with Gasteiger partial charge in [-0.2, -0.15) is 0 Å². The summed E-state index contributed by atoms with van der Waals surface area (Å²) in [6.45, 7) is 5.44. The van der Waals surface area contributed by atoms with Crippen molar-refractivity contribution in [3.05, 3.63) is 0 Å². The first-order valence-corrected chi connectivity index (χ1v) is 4.57. The lowest BCUT2D eigenvalue weighted by Gasteiger charge is -2.39. The Hall–Kier alpha value is -0.610. The number of aliphatic hydroxyl groups is 1. The highest BCUT2D eigenvalue weighted by Crippen LogP contribution is 2.22. The van der Waals surface area contributed by atoms with Crippen LogP contribution < -0.4 is 0 Å². The summed E-state index contributed by atoms with van der Waals surface area (Å²) in [7, 11) is 0. The van der Waals surface area contributed by atoms with Crippen LogP contribution in [0.15, 0.2) is 0 Å². The molecule has 0 spiro atoms. The monoisotopic (exact) mass is 187 g/mol. The standard InChI is InChI=1S/C9H17NO3/c1-8(12)5-9(2)6-10(7-11)3-4-13-9/h7-8,12H,3-6H2,1-2H3. The predicted molar refractivity (Wildman–Crippen MR) is 48.3 cm³/mol. The number of amides is 1. The molecule has 1 saturated heterocycles. The summed E-state index contributed by atoms with van der Waals surface area (Å²) in [5, 5.41) is 9.24. The first kappa shape index (κ1) is 10.5. The smallest absolute Gasteiger partial charge is 0.209 e. The van der Waals surface area contributed by atoms with Gasteiger partial charge < -0.3 is 14.7 Å². The van der Waals surface area contributed by atoms with Gasteiger partial charge >= 0.3 is 0 Å². The van der Waals surface area contributed by atoms with E-state index in [0.717, 1.165) is 6.41 Å². The number of ether oxygens (including phenoxy) is 1. The molecule has 0 aromatic carbocycles. The Labute approximate surface area is 78.5 Å². The van der Waals surface area contributed by atoms with Crippen molar-refractivity contribution < 1.29 is 14.6 Å². The molecule has 0 aliphatic carbocycles. The third-order valence-electron chi connectivity index (χ3n) is 2.24. The van der Waals surface area contributed by atoms with Crippen molar-refractivity contribution in [2.75, 3.05) is 19.7 Å². The zero-order valence-electron chi connectivity index (χ0n) is 8.19. The minimum absolute atomic E-state index is 0.382. The van der Waals surface area contributed by atoms with Gasteiger partial charge in [-0.15, -0.1) is 0 Å². The van der Waals surface area contributed by atoms with Gasteiger partial charge in [0, 0.05) is 19.5 Å². The number of carbonyl (C=O) groups excluding carboxylic acids is 1. The number of carbonyl (C=O) groups is 1. The molecule has 13 heavy (non-hydrogen) atoms. The molecule has 2 unspecified atom stereocenters. The Bertz CT molecular complexity index is 184. The van der Waals surface area contributed by atoms with Crippen LogP contribution in [0.25, 0.3) is 0 Å². The number of hydrogen-bond acceptors (Lipinski definition) is 3. The minimum Gasteiger partial charge on any atom is -0.393 e. The second-order valence-electron chi connectivity index (χ2n) is 3.93. The summed E-state index contributed by atoms with van der Waals surface area (Å²) in [6.07, 6.45) is 1.01. The highest BCUT2D eigenvalue weighted by atomic mass is 16.5. The van der Waals surface area contributed by atoms with E-state index in [1.807, 2.05) is 6.92 Å². The molecule has 4 nitrogen and oxygen atoms in total. The molecular weight excluding hydrogens is 170 g/mol. The molecule has 1 heterocycles. The fourth-order valence-electron chi connectivity index (χ4n) is 1.80. The maximum absolute atomic E-state index is 10.5. The summed E-state index contributed by atoms with van der Waals surface area (Å²) in [5.74, 6) is 0. The van der Waals surface area contributed by atoms with E-state index in [0.29, 0.717) is 26.1 Å². The van der Waals surface area contributed by atoms with E-state index in [1.165, 1.54) is 0 Å². The van der Waals surface area contributed by atoms with Crippen molar-refractivity contribution >= 4 is 6.41 Å². The fraction of sp³-hybridized carbons (Fsp3) is 0.889. The van der Waals surface area contributed by atoms with Gasteiger partial charge in [-0.1, -0.05) is 0 Å². The third kappa shape index (κ3) is 2.97. The normalized spacial score (nSPS) is 31.5. The molecule has 1 amide bonds. The van der Waals surface area contributed by atoms with Crippen LogP contribution in [0.5, 0.6) is 0 Å². The average Bonchev–Trinajstić information content (AvgIpc) is 2.02. The number of hydrogen-bond donors (Lipinski definition) is 1. The van der Waals surface area contributed by atoms with Crippen LogP contribution in [0, 0.1) is 0 Å². The van der Waals surface area contributed by atoms with Crippen molar-refractivity contribution in [3.63, 3.8) is 0 Å². The van der Waals surface area contributed by atoms with Crippen LogP contribution in [-0.4, -0.2) is 47.8 Å². The van der Waals surface area contributed by atoms with Gasteiger partial charge in [-0.3, -0.25) is 4.79 Å². The van der Waals surface area contributed by atoms with Crippen molar-refractivity contribution in [1.82, 2.24) is 4.90 Å². The summed E-state index contributed by atoms with van der Waals surface area (Å²) >= 11 is 0. The van der Waals surface area contributed by atoms with Crippen LogP contribution in [0.4, 0.5) is 0 Å². The number of nitrogens with zero attached hydrogens (tertiary/aromatic N) is 1. The van der Waals surface area contributed by atoms with Gasteiger partial charge in [0.15, 0.2) is 0 Å². The van der Waals surface area contributed by atoms with Crippen molar-refractivity contribution in [3.8, 4) is 0 Å². The molecule has 0 aromatic heterocycles. The summed E-state index contributed by atoms with van der Waals surface area (Å²) in [5.41, 5.74) is -0.382. The lowest BCUT2D eigenvalue weighted by molar-refractivity contribution is -0.140. The first-order chi connectivity index (χ1) is 6.06. The Morgan fingerprint density at radius 1 is 1.77 bits per heavy atom. The van der Waals surface area contributed by atoms with Crippen molar-refractivity contribution in [1.29, 1.82) is 0 Å². The van der Waals surface area contributed by atoms with Crippen LogP contribution in [0.2, 0.25) is 0 Å². The molecule has 76 valence electrons. The Morgan fingerprint density at radius 3 is 3.00 bits per heavy atom. The van der Waals surface area contributed by atoms with Crippen LogP contribution in [0.3, 0.4) is 0 Å². The second kappa shape index (κ2) is 4.07. The van der Waals surface area contributed by atoms with E-state index < -0.39 is 6.10 Å². The van der Waals surface area contributed by atoms with Gasteiger partial charge in [-0.25, -0.2) is 0 Å². The highest BCUT2D eigenvalue weighted by Gasteiger charge is 2.32. The number of morpholine rings is 1. The fourth-order valence-corrected chi connectivity index (χ4v) is 1.80. The molecule has 0 aromatic rings. The molecule has 1 rings (SSSR count). The van der Waals surface area contributed by atoms with Gasteiger partial charge in [0.1, 0.15) is 0 Å². The zero-order chi connectivity index (χ0) is 9.90. The topological polar surface area (TPSA) is 49.8 Å². The van der Waals surface area contributed by atoms with E-state index >= 15 is 0 Å². The van der Waals surface area contributed by atoms with Crippen LogP contribution in [-0.2, 0) is 9.53 Å². The van der Waals surface area contributed by atoms with Gasteiger partial charge in [0.05, 0.1) is 18.3 Å². The third-order valence-corrected chi connectivity index (χ3v) is 2.24. The van der Waals surface area contributed by atoms with E-state index in [1.54, 1.807) is 11.8 Å². The van der Waals surface area contributed by atoms with E-state index in [4.69, 9.17) is 4.74 Å². The van der Waals surface area contributed by atoms with Crippen molar-refractivity contribution in [2.45, 2.75) is 32.0 Å². The van der Waals surface area contributed by atoms with Gasteiger partial charge in [-0.05, 0) is 13.8 Å². The molecule has 0 radical (unpaired) electrons. The first-order valence-electron chi connectivity index (χ1n) is 4.57. The lowest BCUT2D eigenvalue weighted by atomic mass is 9.97. The molecule has 1 aliphatic rings. The molecule has 4 heteroatoms. The summed E-state index contributed by atoms with van der Waals surface area (Å²) < 4.78 is 5.55. The molecule has 1 fully saturated rings. The lowest BCUT2D eigenvalue weighted by Crippen LogP contribution is -2.50. The van der Waals surface area contributed by atoms with E-state index in [-0.39, 0.29) is 5.60 Å². The largest absolute Gasteiger partial charge is 0.393 e. The minimum atomic E-state index is -0.392. The second-order valence-corrected chi connectivity index (χ2v) is 3.93. The molecule has 2 atom stereocenters. The predicted octanol–water partition coefficient (Wildman–Crippen LogP) is 0.00460. The maximum Gasteiger partial charge on any atom is 0.209 e. The Balaban J connectivity index is 2.51. The zero-order valence-corrected chi connectivity index (χ0v) is 8.19. The van der Waals surface area contributed by atoms with Gasteiger partial charge in [0.25, 0.3) is 0 Å². The van der Waals surface area contributed by atoms with Crippen LogP contribution in [0.1, 0.15) is 20.3 Å².